The van der Waals surface area contributed by atoms with Crippen molar-refractivity contribution in [3.05, 3.63) is 83.9 Å². The predicted molar refractivity (Wildman–Crippen MR) is 169 cm³/mol. The Bertz CT molecular complexity index is 1440. The number of nitrogens with zero attached hydrogens (tertiary/aromatic N) is 2. The fraction of sp³-hybridized carbons (Fsp3) is 0.375. The highest BCUT2D eigenvalue weighted by Gasteiger charge is 2.34. The lowest BCUT2D eigenvalue weighted by atomic mass is 10.1. The monoisotopic (exact) mass is 611 g/mol. The average molecular weight is 612 g/mol. The van der Waals surface area contributed by atoms with Crippen molar-refractivity contribution < 1.29 is 22.7 Å². The number of sulfonamides is 1. The fourth-order valence-corrected chi connectivity index (χ4v) is 6.41. The molecule has 0 aliphatic carbocycles. The third-order valence-electron chi connectivity index (χ3n) is 6.61. The molecule has 42 heavy (non-hydrogen) atoms. The smallest absolute Gasteiger partial charge is 0.264 e. The molecule has 1 unspecified atom stereocenters. The molecule has 0 fully saturated rings. The van der Waals surface area contributed by atoms with Crippen molar-refractivity contribution in [1.82, 2.24) is 10.2 Å². The zero-order valence-corrected chi connectivity index (χ0v) is 26.8. The summed E-state index contributed by atoms with van der Waals surface area (Å²) in [6, 6.07) is 20.0. The van der Waals surface area contributed by atoms with Gasteiger partial charge in [0.1, 0.15) is 18.3 Å². The number of aryl methyl sites for hydroxylation is 1. The molecule has 0 aliphatic heterocycles. The molecule has 0 aromatic heterocycles. The van der Waals surface area contributed by atoms with E-state index >= 15 is 0 Å². The Hall–Kier alpha value is -3.50. The van der Waals surface area contributed by atoms with Crippen LogP contribution >= 0.6 is 11.8 Å². The fourth-order valence-electron chi connectivity index (χ4n) is 4.59. The van der Waals surface area contributed by atoms with E-state index in [0.29, 0.717) is 24.5 Å². The predicted octanol–water partition coefficient (Wildman–Crippen LogP) is 5.64. The van der Waals surface area contributed by atoms with Gasteiger partial charge in [-0.3, -0.25) is 13.9 Å². The third-order valence-corrected chi connectivity index (χ3v) is 9.15. The van der Waals surface area contributed by atoms with Crippen LogP contribution in [0.1, 0.15) is 45.2 Å². The normalized spacial score (nSPS) is 12.1. The number of amides is 2. The van der Waals surface area contributed by atoms with Crippen LogP contribution in [0, 0.1) is 6.92 Å². The van der Waals surface area contributed by atoms with Crippen LogP contribution in [0.5, 0.6) is 5.75 Å². The van der Waals surface area contributed by atoms with Crippen LogP contribution < -0.4 is 14.4 Å². The number of hydrogen-bond donors (Lipinski definition) is 1. The van der Waals surface area contributed by atoms with E-state index in [0.717, 1.165) is 20.3 Å². The van der Waals surface area contributed by atoms with Gasteiger partial charge in [-0.2, -0.15) is 0 Å². The van der Waals surface area contributed by atoms with Gasteiger partial charge < -0.3 is 15.0 Å². The molecule has 226 valence electrons. The first-order valence-electron chi connectivity index (χ1n) is 14.0. The highest BCUT2D eigenvalue weighted by atomic mass is 32.2. The van der Waals surface area contributed by atoms with Crippen LogP contribution in [0.4, 0.5) is 5.69 Å². The van der Waals surface area contributed by atoms with E-state index in [-0.39, 0.29) is 23.4 Å². The maximum Gasteiger partial charge on any atom is 0.264 e. The van der Waals surface area contributed by atoms with Gasteiger partial charge in [-0.1, -0.05) is 36.8 Å². The summed E-state index contributed by atoms with van der Waals surface area (Å²) < 4.78 is 34.8. The molecule has 0 saturated heterocycles. The van der Waals surface area contributed by atoms with E-state index in [1.165, 1.54) is 16.7 Å². The molecular weight excluding hydrogens is 571 g/mol. The van der Waals surface area contributed by atoms with Gasteiger partial charge in [-0.15, -0.1) is 11.8 Å². The van der Waals surface area contributed by atoms with Gasteiger partial charge in [-0.25, -0.2) is 8.42 Å². The van der Waals surface area contributed by atoms with Crippen molar-refractivity contribution in [2.24, 2.45) is 0 Å². The number of hydrogen-bond acceptors (Lipinski definition) is 6. The van der Waals surface area contributed by atoms with Gasteiger partial charge in [0.05, 0.1) is 17.2 Å². The minimum absolute atomic E-state index is 0.0665. The first-order valence-corrected chi connectivity index (χ1v) is 16.7. The standard InChI is InChI=1S/C32H41N3O5S2/c1-7-30(32(37)33-23(3)4)34(21-25-11-9-10-24(5)20-25)31(36)22-35(26-12-14-27(15-13-26)40-8-2)42(38,39)29-18-16-28(41-6)17-19-29/h9-20,23,30H,7-8,21-22H2,1-6H3,(H,33,37). The summed E-state index contributed by atoms with van der Waals surface area (Å²) in [5, 5.41) is 2.92. The van der Waals surface area contributed by atoms with Gasteiger partial charge in [0, 0.05) is 17.5 Å². The average Bonchev–Trinajstić information content (AvgIpc) is 2.96. The van der Waals surface area contributed by atoms with Crippen LogP contribution in [0.15, 0.2) is 82.6 Å². The number of carbonyl (C=O) groups excluding carboxylic acids is 2. The number of carbonyl (C=O) groups is 2. The molecule has 3 rings (SSSR count). The summed E-state index contributed by atoms with van der Waals surface area (Å²) in [4.78, 5) is 29.9. The molecular formula is C32H41N3O5S2. The van der Waals surface area contributed by atoms with Crippen molar-refractivity contribution in [2.45, 2.75) is 69.5 Å². The Morgan fingerprint density at radius 2 is 1.64 bits per heavy atom. The second kappa shape index (κ2) is 15.1. The van der Waals surface area contributed by atoms with E-state index in [4.69, 9.17) is 4.74 Å². The molecule has 0 saturated carbocycles. The van der Waals surface area contributed by atoms with Gasteiger partial charge in [-0.05, 0) is 94.5 Å². The first-order chi connectivity index (χ1) is 20.0. The lowest BCUT2D eigenvalue weighted by molar-refractivity contribution is -0.140. The number of anilines is 1. The van der Waals surface area contributed by atoms with Crippen molar-refractivity contribution in [2.75, 3.05) is 23.7 Å². The largest absolute Gasteiger partial charge is 0.494 e. The Kier molecular flexibility index (Phi) is 11.9. The summed E-state index contributed by atoms with van der Waals surface area (Å²) in [5.41, 5.74) is 2.19. The molecule has 10 heteroatoms. The van der Waals surface area contributed by atoms with Crippen LogP contribution in [0.25, 0.3) is 0 Å². The van der Waals surface area contributed by atoms with Gasteiger partial charge >= 0.3 is 0 Å². The SMILES string of the molecule is CCOc1ccc(N(CC(=O)N(Cc2cccc(C)c2)C(CC)C(=O)NC(C)C)S(=O)(=O)c2ccc(SC)cc2)cc1. The summed E-state index contributed by atoms with van der Waals surface area (Å²) in [6.07, 6.45) is 2.28. The lowest BCUT2D eigenvalue weighted by Crippen LogP contribution is -2.53. The van der Waals surface area contributed by atoms with Crippen molar-refractivity contribution >= 4 is 39.3 Å². The number of nitrogens with one attached hydrogen (secondary N) is 1. The molecule has 3 aromatic rings. The Balaban J connectivity index is 2.07. The maximum absolute atomic E-state index is 14.2. The van der Waals surface area contributed by atoms with Crippen LogP contribution in [-0.2, 0) is 26.2 Å². The zero-order chi connectivity index (χ0) is 30.9. The number of benzene rings is 3. The summed E-state index contributed by atoms with van der Waals surface area (Å²) in [5.74, 6) is -0.177. The van der Waals surface area contributed by atoms with E-state index < -0.39 is 28.5 Å². The van der Waals surface area contributed by atoms with E-state index in [9.17, 15) is 18.0 Å². The Labute approximate surface area is 254 Å². The highest BCUT2D eigenvalue weighted by Crippen LogP contribution is 2.28. The van der Waals surface area contributed by atoms with Crippen LogP contribution in [0.2, 0.25) is 0 Å². The molecule has 0 heterocycles. The second-order valence-electron chi connectivity index (χ2n) is 10.2. The molecule has 1 atom stereocenters. The summed E-state index contributed by atoms with van der Waals surface area (Å²) in [6.45, 7) is 9.52. The molecule has 0 aliphatic rings. The van der Waals surface area contributed by atoms with Crippen molar-refractivity contribution in [3.8, 4) is 5.75 Å². The molecule has 8 nitrogen and oxygen atoms in total. The van der Waals surface area contributed by atoms with Gasteiger partial charge in [0.2, 0.25) is 11.8 Å². The van der Waals surface area contributed by atoms with E-state index in [1.807, 2.05) is 65.1 Å². The van der Waals surface area contributed by atoms with E-state index in [2.05, 4.69) is 5.32 Å². The summed E-state index contributed by atoms with van der Waals surface area (Å²) in [7, 11) is -4.15. The van der Waals surface area contributed by atoms with Gasteiger partial charge in [0.15, 0.2) is 0 Å². The van der Waals surface area contributed by atoms with Crippen LogP contribution in [-0.4, -0.2) is 56.6 Å². The van der Waals surface area contributed by atoms with Crippen molar-refractivity contribution in [1.29, 1.82) is 0 Å². The Morgan fingerprint density at radius 1 is 0.976 bits per heavy atom. The molecule has 0 radical (unpaired) electrons. The second-order valence-corrected chi connectivity index (χ2v) is 13.0. The number of rotatable bonds is 14. The zero-order valence-electron chi connectivity index (χ0n) is 25.2. The molecule has 0 bridgehead atoms. The Morgan fingerprint density at radius 3 is 2.19 bits per heavy atom. The van der Waals surface area contributed by atoms with Gasteiger partial charge in [0.25, 0.3) is 10.0 Å². The topological polar surface area (TPSA) is 96.0 Å². The highest BCUT2D eigenvalue weighted by molar-refractivity contribution is 7.98. The molecule has 3 aromatic carbocycles. The minimum atomic E-state index is -4.15. The maximum atomic E-state index is 14.2. The molecule has 2 amide bonds. The third kappa shape index (κ3) is 8.51. The van der Waals surface area contributed by atoms with Crippen LogP contribution in [0.3, 0.4) is 0 Å². The molecule has 1 N–H and O–H groups in total. The number of ether oxygens (including phenoxy) is 1. The van der Waals surface area contributed by atoms with E-state index in [1.54, 1.807) is 48.5 Å². The quantitative estimate of drug-likeness (QED) is 0.237. The first kappa shape index (κ1) is 33.0. The van der Waals surface area contributed by atoms with Crippen molar-refractivity contribution in [3.63, 3.8) is 0 Å². The summed E-state index contributed by atoms with van der Waals surface area (Å²) >= 11 is 1.51. The lowest BCUT2D eigenvalue weighted by Gasteiger charge is -2.33. The minimum Gasteiger partial charge on any atom is -0.494 e. The molecule has 0 spiro atoms. The number of thioether (sulfide) groups is 1.